The van der Waals surface area contributed by atoms with Crippen molar-refractivity contribution in [3.8, 4) is 0 Å². The number of carbonyl (C=O) groups excluding carboxylic acids is 2. The average molecular weight is 255 g/mol. The maximum atomic E-state index is 11.8. The molecule has 0 bridgehead atoms. The minimum Gasteiger partial charge on any atom is -0.392 e. The fraction of sp³-hybridized carbons (Fsp3) is 0.200. The van der Waals surface area contributed by atoms with Crippen LogP contribution in [0.15, 0.2) is 35.2 Å². The van der Waals surface area contributed by atoms with Crippen LogP contribution in [-0.4, -0.2) is 26.4 Å². The number of hydrogen-bond donors (Lipinski definition) is 1. The highest BCUT2D eigenvalue weighted by Crippen LogP contribution is 2.13. The van der Waals surface area contributed by atoms with Gasteiger partial charge in [-0.25, -0.2) is 13.2 Å². The van der Waals surface area contributed by atoms with Crippen molar-refractivity contribution in [2.45, 2.75) is 17.4 Å². The van der Waals surface area contributed by atoms with Crippen molar-refractivity contribution < 1.29 is 22.7 Å². The van der Waals surface area contributed by atoms with E-state index in [-0.39, 0.29) is 11.3 Å². The maximum absolute atomic E-state index is 11.8. The van der Waals surface area contributed by atoms with Crippen LogP contribution in [0.2, 0.25) is 0 Å². The van der Waals surface area contributed by atoms with Crippen molar-refractivity contribution in [3.05, 3.63) is 30.3 Å². The minimum absolute atomic E-state index is 0.0344. The Morgan fingerprint density at radius 1 is 1.18 bits per heavy atom. The summed E-state index contributed by atoms with van der Waals surface area (Å²) < 4.78 is 30.0. The molecule has 1 fully saturated rings. The number of carbonyl (C=O) groups is 2. The van der Waals surface area contributed by atoms with Crippen molar-refractivity contribution in [3.63, 3.8) is 0 Å². The Morgan fingerprint density at radius 2 is 1.82 bits per heavy atom. The lowest BCUT2D eigenvalue weighted by Crippen LogP contribution is -2.37. The SMILES string of the molecule is O=C1C[C@H](NS(=O)(=O)c2ccccc2)C(=O)O1. The lowest BCUT2D eigenvalue weighted by molar-refractivity contribution is -0.152. The largest absolute Gasteiger partial charge is 0.392 e. The number of cyclic esters (lactones) is 2. The first-order chi connectivity index (χ1) is 7.99. The molecule has 2 rings (SSSR count). The monoisotopic (exact) mass is 255 g/mol. The van der Waals surface area contributed by atoms with Crippen LogP contribution < -0.4 is 4.72 Å². The second kappa shape index (κ2) is 4.27. The van der Waals surface area contributed by atoms with Gasteiger partial charge < -0.3 is 4.74 Å². The number of esters is 2. The van der Waals surface area contributed by atoms with Gasteiger partial charge in [0.05, 0.1) is 11.3 Å². The van der Waals surface area contributed by atoms with Gasteiger partial charge in [0.2, 0.25) is 10.0 Å². The van der Waals surface area contributed by atoms with Gasteiger partial charge in [0, 0.05) is 0 Å². The van der Waals surface area contributed by atoms with Gasteiger partial charge in [-0.3, -0.25) is 4.79 Å². The van der Waals surface area contributed by atoms with E-state index in [1.807, 2.05) is 0 Å². The lowest BCUT2D eigenvalue weighted by Gasteiger charge is -2.08. The summed E-state index contributed by atoms with van der Waals surface area (Å²) in [5.74, 6) is -1.59. The van der Waals surface area contributed by atoms with Crippen molar-refractivity contribution in [1.29, 1.82) is 0 Å². The number of nitrogens with one attached hydrogen (secondary N) is 1. The average Bonchev–Trinajstić information content (AvgIpc) is 2.58. The molecule has 1 aliphatic heterocycles. The Balaban J connectivity index is 2.19. The summed E-state index contributed by atoms with van der Waals surface area (Å²) in [6.45, 7) is 0. The molecule has 6 nitrogen and oxygen atoms in total. The molecule has 0 unspecified atom stereocenters. The maximum Gasteiger partial charge on any atom is 0.332 e. The van der Waals surface area contributed by atoms with Crippen LogP contribution in [0, 0.1) is 0 Å². The van der Waals surface area contributed by atoms with E-state index < -0.39 is 28.0 Å². The Hall–Kier alpha value is -1.73. The Labute approximate surface area is 97.6 Å². The van der Waals surface area contributed by atoms with Gasteiger partial charge in [0.25, 0.3) is 0 Å². The molecule has 0 spiro atoms. The van der Waals surface area contributed by atoms with Crippen LogP contribution in [0.4, 0.5) is 0 Å². The molecule has 1 aromatic carbocycles. The normalized spacial score (nSPS) is 20.4. The molecule has 1 aromatic rings. The number of sulfonamides is 1. The molecule has 1 saturated heterocycles. The topological polar surface area (TPSA) is 89.5 Å². The highest BCUT2D eigenvalue weighted by molar-refractivity contribution is 7.89. The van der Waals surface area contributed by atoms with Crippen LogP contribution in [-0.2, 0) is 24.3 Å². The molecular formula is C10H9NO5S. The van der Waals surface area contributed by atoms with E-state index in [4.69, 9.17) is 0 Å². The van der Waals surface area contributed by atoms with Crippen LogP contribution in [0.3, 0.4) is 0 Å². The Kier molecular flexibility index (Phi) is 2.95. The molecule has 7 heteroatoms. The van der Waals surface area contributed by atoms with Gasteiger partial charge in [-0.1, -0.05) is 18.2 Å². The van der Waals surface area contributed by atoms with E-state index in [1.165, 1.54) is 12.1 Å². The summed E-state index contributed by atoms with van der Waals surface area (Å²) in [5, 5.41) is 0. The first-order valence-electron chi connectivity index (χ1n) is 4.81. The number of benzene rings is 1. The van der Waals surface area contributed by atoms with Crippen molar-refractivity contribution in [2.24, 2.45) is 0 Å². The molecule has 0 amide bonds. The third-order valence-electron chi connectivity index (χ3n) is 2.22. The zero-order valence-corrected chi connectivity index (χ0v) is 9.44. The molecular weight excluding hydrogens is 246 g/mol. The predicted molar refractivity (Wildman–Crippen MR) is 56.3 cm³/mol. The highest BCUT2D eigenvalue weighted by Gasteiger charge is 2.36. The summed E-state index contributed by atoms with van der Waals surface area (Å²) in [6, 6.07) is 6.45. The minimum atomic E-state index is -3.80. The molecule has 1 heterocycles. The van der Waals surface area contributed by atoms with Crippen LogP contribution in [0.5, 0.6) is 0 Å². The first-order valence-corrected chi connectivity index (χ1v) is 6.29. The van der Waals surface area contributed by atoms with Crippen LogP contribution in [0.25, 0.3) is 0 Å². The van der Waals surface area contributed by atoms with E-state index in [9.17, 15) is 18.0 Å². The third kappa shape index (κ3) is 2.51. The Bertz CT molecular complexity index is 551. The van der Waals surface area contributed by atoms with E-state index >= 15 is 0 Å². The van der Waals surface area contributed by atoms with Gasteiger partial charge in [-0.2, -0.15) is 4.72 Å². The molecule has 1 atom stereocenters. The van der Waals surface area contributed by atoms with Crippen molar-refractivity contribution in [1.82, 2.24) is 4.72 Å². The standard InChI is InChI=1S/C10H9NO5S/c12-9-6-8(10(13)16-9)11-17(14,15)7-4-2-1-3-5-7/h1-5,8,11H,6H2/t8-/m0/s1. The second-order valence-electron chi connectivity index (χ2n) is 3.48. The highest BCUT2D eigenvalue weighted by atomic mass is 32.2. The van der Waals surface area contributed by atoms with Crippen LogP contribution in [0.1, 0.15) is 6.42 Å². The summed E-state index contributed by atoms with van der Waals surface area (Å²) in [4.78, 5) is 22.0. The summed E-state index contributed by atoms with van der Waals surface area (Å²) in [6.07, 6.45) is -0.273. The molecule has 17 heavy (non-hydrogen) atoms. The van der Waals surface area contributed by atoms with E-state index in [0.717, 1.165) is 0 Å². The zero-order valence-electron chi connectivity index (χ0n) is 8.62. The fourth-order valence-corrected chi connectivity index (χ4v) is 2.63. The molecule has 0 aromatic heterocycles. The van der Waals surface area contributed by atoms with Crippen molar-refractivity contribution >= 4 is 22.0 Å². The summed E-state index contributed by atoms with van der Waals surface area (Å²) in [5.41, 5.74) is 0. The molecule has 0 saturated carbocycles. The molecule has 0 aliphatic carbocycles. The van der Waals surface area contributed by atoms with E-state index in [1.54, 1.807) is 18.2 Å². The molecule has 90 valence electrons. The third-order valence-corrected chi connectivity index (χ3v) is 3.71. The summed E-state index contributed by atoms with van der Waals surface area (Å²) >= 11 is 0. The van der Waals surface area contributed by atoms with Gasteiger partial charge in [-0.05, 0) is 12.1 Å². The molecule has 0 radical (unpaired) electrons. The molecule has 1 aliphatic rings. The smallest absolute Gasteiger partial charge is 0.332 e. The fourth-order valence-electron chi connectivity index (χ4n) is 1.42. The van der Waals surface area contributed by atoms with Crippen molar-refractivity contribution in [2.75, 3.05) is 0 Å². The lowest BCUT2D eigenvalue weighted by atomic mass is 10.3. The van der Waals surface area contributed by atoms with Gasteiger partial charge in [0.15, 0.2) is 0 Å². The zero-order chi connectivity index (χ0) is 12.5. The van der Waals surface area contributed by atoms with E-state index in [0.29, 0.717) is 0 Å². The second-order valence-corrected chi connectivity index (χ2v) is 5.20. The number of rotatable bonds is 3. The molecule has 1 N–H and O–H groups in total. The number of hydrogen-bond acceptors (Lipinski definition) is 5. The predicted octanol–water partition coefficient (Wildman–Crippen LogP) is -0.193. The Morgan fingerprint density at radius 3 is 2.35 bits per heavy atom. The first kappa shape index (κ1) is 11.7. The quantitative estimate of drug-likeness (QED) is 0.597. The summed E-state index contributed by atoms with van der Waals surface area (Å²) in [7, 11) is -3.80. The van der Waals surface area contributed by atoms with Gasteiger partial charge >= 0.3 is 11.9 Å². The van der Waals surface area contributed by atoms with Gasteiger partial charge in [0.1, 0.15) is 6.04 Å². The van der Waals surface area contributed by atoms with E-state index in [2.05, 4.69) is 9.46 Å². The number of ether oxygens (including phenoxy) is 1. The van der Waals surface area contributed by atoms with Gasteiger partial charge in [-0.15, -0.1) is 0 Å². The van der Waals surface area contributed by atoms with Crippen LogP contribution >= 0.6 is 0 Å².